The van der Waals surface area contributed by atoms with Crippen LogP contribution < -0.4 is 5.48 Å². The van der Waals surface area contributed by atoms with Crippen LogP contribution in [0.5, 0.6) is 0 Å². The molecule has 0 radical (unpaired) electrons. The van der Waals surface area contributed by atoms with E-state index in [9.17, 15) is 0 Å². The molecule has 0 saturated carbocycles. The first-order valence-electron chi connectivity index (χ1n) is 5.93. The molecular weight excluding hydrogens is 188 g/mol. The van der Waals surface area contributed by atoms with E-state index in [0.29, 0.717) is 18.0 Å². The Hall–Kier alpha value is -0.120. The summed E-state index contributed by atoms with van der Waals surface area (Å²) in [6.07, 6.45) is 1.16. The van der Waals surface area contributed by atoms with Crippen LogP contribution in [0.1, 0.15) is 41.0 Å². The standard InChI is InChI=1S/C12H26N2O/c1-9-8-14(6)10(2)7-11(9)13-15-12(3,4)5/h9-11,13H,7-8H2,1-6H3. The maximum atomic E-state index is 5.65. The molecule has 0 aromatic rings. The van der Waals surface area contributed by atoms with Gasteiger partial charge in [-0.3, -0.25) is 4.84 Å². The van der Waals surface area contributed by atoms with Crippen molar-refractivity contribution in [2.75, 3.05) is 13.6 Å². The van der Waals surface area contributed by atoms with E-state index < -0.39 is 0 Å². The molecule has 3 nitrogen and oxygen atoms in total. The SMILES string of the molecule is CC1CN(C)C(C)CC1NOC(C)(C)C. The molecule has 1 saturated heterocycles. The lowest BCUT2D eigenvalue weighted by Gasteiger charge is -2.40. The lowest BCUT2D eigenvalue weighted by molar-refractivity contribution is -0.106. The number of hydrogen-bond donors (Lipinski definition) is 1. The number of rotatable bonds is 2. The molecule has 1 N–H and O–H groups in total. The van der Waals surface area contributed by atoms with E-state index in [4.69, 9.17) is 4.84 Å². The van der Waals surface area contributed by atoms with E-state index in [-0.39, 0.29) is 5.60 Å². The molecular formula is C12H26N2O. The predicted molar refractivity (Wildman–Crippen MR) is 63.6 cm³/mol. The average molecular weight is 214 g/mol. The minimum atomic E-state index is -0.105. The van der Waals surface area contributed by atoms with Gasteiger partial charge in [0.25, 0.3) is 0 Å². The van der Waals surface area contributed by atoms with Crippen molar-refractivity contribution in [3.63, 3.8) is 0 Å². The number of nitrogens with zero attached hydrogens (tertiary/aromatic N) is 1. The molecule has 0 aliphatic carbocycles. The molecule has 15 heavy (non-hydrogen) atoms. The van der Waals surface area contributed by atoms with Crippen LogP contribution in [0.25, 0.3) is 0 Å². The molecule has 3 unspecified atom stereocenters. The van der Waals surface area contributed by atoms with Crippen molar-refractivity contribution in [2.45, 2.75) is 58.7 Å². The molecule has 0 amide bonds. The monoisotopic (exact) mass is 214 g/mol. The Labute approximate surface area is 94.1 Å². The molecule has 3 atom stereocenters. The second-order valence-electron chi connectivity index (χ2n) is 5.94. The summed E-state index contributed by atoms with van der Waals surface area (Å²) in [6.45, 7) is 11.9. The van der Waals surface area contributed by atoms with E-state index in [1.807, 2.05) is 0 Å². The molecule has 1 fully saturated rings. The number of nitrogens with one attached hydrogen (secondary N) is 1. The molecule has 0 bridgehead atoms. The van der Waals surface area contributed by atoms with Crippen LogP contribution in [0.3, 0.4) is 0 Å². The smallest absolute Gasteiger partial charge is 0.0813 e. The zero-order valence-corrected chi connectivity index (χ0v) is 11.0. The first-order chi connectivity index (χ1) is 6.79. The fourth-order valence-corrected chi connectivity index (χ4v) is 1.96. The fourth-order valence-electron chi connectivity index (χ4n) is 1.96. The van der Waals surface area contributed by atoms with Gasteiger partial charge in [0.2, 0.25) is 0 Å². The highest BCUT2D eigenvalue weighted by Gasteiger charge is 2.29. The van der Waals surface area contributed by atoms with Gasteiger partial charge in [0.05, 0.1) is 5.60 Å². The second-order valence-corrected chi connectivity index (χ2v) is 5.94. The van der Waals surface area contributed by atoms with Crippen molar-refractivity contribution in [2.24, 2.45) is 5.92 Å². The number of piperidine rings is 1. The van der Waals surface area contributed by atoms with Gasteiger partial charge in [0, 0.05) is 18.6 Å². The van der Waals surface area contributed by atoms with Gasteiger partial charge < -0.3 is 4.90 Å². The quantitative estimate of drug-likeness (QED) is 0.712. The van der Waals surface area contributed by atoms with Gasteiger partial charge >= 0.3 is 0 Å². The highest BCUT2D eigenvalue weighted by Crippen LogP contribution is 2.21. The third-order valence-electron chi connectivity index (χ3n) is 3.13. The minimum absolute atomic E-state index is 0.105. The Morgan fingerprint density at radius 3 is 2.40 bits per heavy atom. The summed E-state index contributed by atoms with van der Waals surface area (Å²) in [7, 11) is 2.20. The normalized spacial score (nSPS) is 34.4. The van der Waals surface area contributed by atoms with Gasteiger partial charge in [-0.1, -0.05) is 6.92 Å². The van der Waals surface area contributed by atoms with E-state index in [1.54, 1.807) is 0 Å². The molecule has 1 rings (SSSR count). The highest BCUT2D eigenvalue weighted by atomic mass is 16.7. The van der Waals surface area contributed by atoms with Crippen molar-refractivity contribution in [3.05, 3.63) is 0 Å². The average Bonchev–Trinajstić information content (AvgIpc) is 2.07. The Morgan fingerprint density at radius 1 is 1.27 bits per heavy atom. The second kappa shape index (κ2) is 4.81. The third kappa shape index (κ3) is 4.09. The van der Waals surface area contributed by atoms with Crippen LogP contribution in [0.2, 0.25) is 0 Å². The lowest BCUT2D eigenvalue weighted by atomic mass is 9.90. The van der Waals surface area contributed by atoms with E-state index in [2.05, 4.69) is 52.0 Å². The van der Waals surface area contributed by atoms with Gasteiger partial charge in [-0.2, -0.15) is 5.48 Å². The molecule has 3 heteroatoms. The maximum absolute atomic E-state index is 5.65. The number of hydrogen-bond acceptors (Lipinski definition) is 3. The van der Waals surface area contributed by atoms with Crippen molar-refractivity contribution < 1.29 is 4.84 Å². The van der Waals surface area contributed by atoms with Crippen LogP contribution in [0.4, 0.5) is 0 Å². The van der Waals surface area contributed by atoms with Gasteiger partial charge in [-0.25, -0.2) is 0 Å². The largest absolute Gasteiger partial charge is 0.303 e. The summed E-state index contributed by atoms with van der Waals surface area (Å²) < 4.78 is 0. The van der Waals surface area contributed by atoms with Crippen LogP contribution in [0, 0.1) is 5.92 Å². The molecule has 90 valence electrons. The van der Waals surface area contributed by atoms with Gasteiger partial charge in [-0.15, -0.1) is 0 Å². The highest BCUT2D eigenvalue weighted by molar-refractivity contribution is 4.84. The van der Waals surface area contributed by atoms with E-state index in [0.717, 1.165) is 13.0 Å². The van der Waals surface area contributed by atoms with Gasteiger partial charge in [-0.05, 0) is 47.1 Å². The van der Waals surface area contributed by atoms with Crippen molar-refractivity contribution in [1.82, 2.24) is 10.4 Å². The molecule has 1 heterocycles. The Kier molecular flexibility index (Phi) is 4.15. The molecule has 1 aliphatic rings. The Morgan fingerprint density at radius 2 is 1.87 bits per heavy atom. The molecule has 1 aliphatic heterocycles. The molecule has 0 spiro atoms. The zero-order chi connectivity index (χ0) is 11.6. The fraction of sp³-hybridized carbons (Fsp3) is 1.00. The Balaban J connectivity index is 2.41. The topological polar surface area (TPSA) is 24.5 Å². The number of hydroxylamine groups is 1. The maximum Gasteiger partial charge on any atom is 0.0813 e. The summed E-state index contributed by atoms with van der Waals surface area (Å²) in [5.74, 6) is 0.647. The summed E-state index contributed by atoms with van der Waals surface area (Å²) in [6, 6.07) is 1.12. The summed E-state index contributed by atoms with van der Waals surface area (Å²) >= 11 is 0. The predicted octanol–water partition coefficient (Wildman–Crippen LogP) is 2.03. The minimum Gasteiger partial charge on any atom is -0.303 e. The van der Waals surface area contributed by atoms with Crippen LogP contribution in [-0.2, 0) is 4.84 Å². The summed E-state index contributed by atoms with van der Waals surface area (Å²) in [4.78, 5) is 8.07. The van der Waals surface area contributed by atoms with E-state index >= 15 is 0 Å². The molecule has 0 aromatic heterocycles. The first kappa shape index (κ1) is 12.9. The molecule has 0 aromatic carbocycles. The first-order valence-corrected chi connectivity index (χ1v) is 5.93. The van der Waals surface area contributed by atoms with Crippen LogP contribution in [-0.4, -0.2) is 36.2 Å². The van der Waals surface area contributed by atoms with Crippen LogP contribution in [0.15, 0.2) is 0 Å². The zero-order valence-electron chi connectivity index (χ0n) is 11.0. The van der Waals surface area contributed by atoms with Crippen molar-refractivity contribution >= 4 is 0 Å². The summed E-state index contributed by atoms with van der Waals surface area (Å²) in [5.41, 5.74) is 3.13. The van der Waals surface area contributed by atoms with Crippen molar-refractivity contribution in [3.8, 4) is 0 Å². The van der Waals surface area contributed by atoms with Gasteiger partial charge in [0.1, 0.15) is 0 Å². The summed E-state index contributed by atoms with van der Waals surface area (Å²) in [5, 5.41) is 0. The third-order valence-corrected chi connectivity index (χ3v) is 3.13. The Bertz CT molecular complexity index is 200. The van der Waals surface area contributed by atoms with Gasteiger partial charge in [0.15, 0.2) is 0 Å². The van der Waals surface area contributed by atoms with E-state index in [1.165, 1.54) is 0 Å². The van der Waals surface area contributed by atoms with Crippen molar-refractivity contribution in [1.29, 1.82) is 0 Å². The number of likely N-dealkylation sites (tertiary alicyclic amines) is 1. The van der Waals surface area contributed by atoms with Crippen LogP contribution >= 0.6 is 0 Å². The lowest BCUT2D eigenvalue weighted by Crippen LogP contribution is -2.52.